The summed E-state index contributed by atoms with van der Waals surface area (Å²) in [5.41, 5.74) is 4.23. The molecule has 0 saturated carbocycles. The lowest BCUT2D eigenvalue weighted by Crippen LogP contribution is -2.18. The van der Waals surface area contributed by atoms with E-state index in [0.717, 1.165) is 5.56 Å². The highest BCUT2D eigenvalue weighted by Crippen LogP contribution is 2.10. The number of amides is 2. The third-order valence-electron chi connectivity index (χ3n) is 2.53. The van der Waals surface area contributed by atoms with Crippen molar-refractivity contribution in [2.45, 2.75) is 6.92 Å². The van der Waals surface area contributed by atoms with Crippen LogP contribution in [0.25, 0.3) is 0 Å². The van der Waals surface area contributed by atoms with E-state index in [1.54, 1.807) is 48.8 Å². The predicted octanol–water partition coefficient (Wildman–Crippen LogP) is 1.80. The van der Waals surface area contributed by atoms with Crippen LogP contribution in [-0.2, 0) is 4.79 Å². The number of anilines is 1. The number of carbonyl (C=O) groups is 2. The van der Waals surface area contributed by atoms with Gasteiger partial charge in [-0.15, -0.1) is 0 Å². The van der Waals surface area contributed by atoms with Gasteiger partial charge in [-0.3, -0.25) is 14.6 Å². The smallest absolute Gasteiger partial charge is 0.271 e. The minimum Gasteiger partial charge on any atom is -0.326 e. The first-order valence-corrected chi connectivity index (χ1v) is 6.26. The molecule has 0 spiro atoms. The Kier molecular flexibility index (Phi) is 4.76. The minimum absolute atomic E-state index is 0.191. The van der Waals surface area contributed by atoms with E-state index in [4.69, 9.17) is 0 Å². The molecule has 2 rings (SSSR count). The van der Waals surface area contributed by atoms with Crippen molar-refractivity contribution in [3.05, 3.63) is 59.9 Å². The average molecular weight is 282 g/mol. The third-order valence-corrected chi connectivity index (χ3v) is 2.53. The van der Waals surface area contributed by atoms with Crippen molar-refractivity contribution in [2.75, 3.05) is 5.32 Å². The first kappa shape index (κ1) is 14.4. The molecule has 0 radical (unpaired) electrons. The van der Waals surface area contributed by atoms with Crippen molar-refractivity contribution in [3.8, 4) is 0 Å². The highest BCUT2D eigenvalue weighted by Gasteiger charge is 2.05. The van der Waals surface area contributed by atoms with Crippen LogP contribution in [0, 0.1) is 0 Å². The molecule has 0 atom stereocenters. The number of nitrogens with zero attached hydrogens (tertiary/aromatic N) is 2. The normalized spacial score (nSPS) is 10.3. The summed E-state index contributed by atoms with van der Waals surface area (Å²) in [5, 5.41) is 6.49. The lowest BCUT2D eigenvalue weighted by atomic mass is 10.2. The fraction of sp³-hybridized carbons (Fsp3) is 0.0667. The largest absolute Gasteiger partial charge is 0.326 e. The van der Waals surface area contributed by atoms with Crippen LogP contribution in [0.5, 0.6) is 0 Å². The quantitative estimate of drug-likeness (QED) is 0.662. The van der Waals surface area contributed by atoms with Crippen LogP contribution in [0.4, 0.5) is 5.69 Å². The molecule has 0 saturated heterocycles. The summed E-state index contributed by atoms with van der Waals surface area (Å²) in [6.45, 7) is 1.41. The number of aromatic nitrogens is 1. The van der Waals surface area contributed by atoms with E-state index in [-0.39, 0.29) is 11.8 Å². The molecule has 0 bridgehead atoms. The van der Waals surface area contributed by atoms with Gasteiger partial charge in [0.2, 0.25) is 5.91 Å². The van der Waals surface area contributed by atoms with E-state index < -0.39 is 0 Å². The molecule has 106 valence electrons. The van der Waals surface area contributed by atoms with Crippen LogP contribution < -0.4 is 10.7 Å². The summed E-state index contributed by atoms with van der Waals surface area (Å²) in [4.78, 5) is 26.8. The number of rotatable bonds is 4. The van der Waals surface area contributed by atoms with Gasteiger partial charge in [0.05, 0.1) is 6.21 Å². The first-order valence-electron chi connectivity index (χ1n) is 6.26. The van der Waals surface area contributed by atoms with Crippen molar-refractivity contribution in [1.82, 2.24) is 10.4 Å². The summed E-state index contributed by atoms with van der Waals surface area (Å²) < 4.78 is 0. The average Bonchev–Trinajstić information content (AvgIpc) is 2.48. The second-order valence-electron chi connectivity index (χ2n) is 4.24. The standard InChI is InChI=1S/C15H14N4O2/c1-11(20)18-14-4-2-3-13(9-14)15(21)19-17-10-12-5-7-16-8-6-12/h2-10H,1H3,(H,18,20)(H,19,21)/b17-10+. The van der Waals surface area contributed by atoms with Gasteiger partial charge in [0.1, 0.15) is 0 Å². The van der Waals surface area contributed by atoms with Crippen LogP contribution in [0.15, 0.2) is 53.9 Å². The molecule has 21 heavy (non-hydrogen) atoms. The van der Waals surface area contributed by atoms with E-state index >= 15 is 0 Å². The number of pyridine rings is 1. The van der Waals surface area contributed by atoms with E-state index in [1.165, 1.54) is 13.1 Å². The van der Waals surface area contributed by atoms with Crippen LogP contribution in [-0.4, -0.2) is 23.0 Å². The molecule has 0 fully saturated rings. The topological polar surface area (TPSA) is 83.5 Å². The maximum Gasteiger partial charge on any atom is 0.271 e. The third kappa shape index (κ3) is 4.54. The van der Waals surface area contributed by atoms with Crippen molar-refractivity contribution >= 4 is 23.7 Å². The molecule has 2 N–H and O–H groups in total. The summed E-state index contributed by atoms with van der Waals surface area (Å²) in [6.07, 6.45) is 4.80. The molecular weight excluding hydrogens is 268 g/mol. The van der Waals surface area contributed by atoms with Crippen molar-refractivity contribution < 1.29 is 9.59 Å². The van der Waals surface area contributed by atoms with Gasteiger partial charge in [-0.1, -0.05) is 6.07 Å². The Labute approximate surface area is 121 Å². The Morgan fingerprint density at radius 1 is 1.19 bits per heavy atom. The summed E-state index contributed by atoms with van der Waals surface area (Å²) in [7, 11) is 0. The maximum atomic E-state index is 11.9. The van der Waals surface area contributed by atoms with E-state index in [1.807, 2.05) is 0 Å². The molecule has 2 aromatic rings. The zero-order valence-corrected chi connectivity index (χ0v) is 11.4. The van der Waals surface area contributed by atoms with Gasteiger partial charge >= 0.3 is 0 Å². The lowest BCUT2D eigenvalue weighted by molar-refractivity contribution is -0.114. The van der Waals surface area contributed by atoms with Gasteiger partial charge in [0, 0.05) is 30.6 Å². The highest BCUT2D eigenvalue weighted by atomic mass is 16.2. The molecule has 2 amide bonds. The second kappa shape index (κ2) is 6.95. The van der Waals surface area contributed by atoms with Gasteiger partial charge in [-0.05, 0) is 35.9 Å². The number of nitrogens with one attached hydrogen (secondary N) is 2. The Morgan fingerprint density at radius 3 is 2.67 bits per heavy atom. The maximum absolute atomic E-state index is 11.9. The Morgan fingerprint density at radius 2 is 1.95 bits per heavy atom. The Balaban J connectivity index is 2.00. The zero-order chi connectivity index (χ0) is 15.1. The predicted molar refractivity (Wildman–Crippen MR) is 80.0 cm³/mol. The number of hydrogen-bond donors (Lipinski definition) is 2. The molecule has 1 aromatic carbocycles. The molecular formula is C15H14N4O2. The van der Waals surface area contributed by atoms with Gasteiger partial charge in [-0.2, -0.15) is 5.10 Å². The van der Waals surface area contributed by atoms with Gasteiger partial charge < -0.3 is 5.32 Å². The fourth-order valence-electron chi connectivity index (χ4n) is 1.62. The number of hydrazone groups is 1. The molecule has 0 unspecified atom stereocenters. The van der Waals surface area contributed by atoms with E-state index in [0.29, 0.717) is 11.3 Å². The Hall–Kier alpha value is -3.02. The van der Waals surface area contributed by atoms with Crippen LogP contribution in [0.2, 0.25) is 0 Å². The summed E-state index contributed by atoms with van der Waals surface area (Å²) in [5.74, 6) is -0.546. The van der Waals surface area contributed by atoms with Gasteiger partial charge in [0.15, 0.2) is 0 Å². The van der Waals surface area contributed by atoms with Crippen LogP contribution in [0.1, 0.15) is 22.8 Å². The second-order valence-corrected chi connectivity index (χ2v) is 4.24. The van der Waals surface area contributed by atoms with Crippen molar-refractivity contribution in [2.24, 2.45) is 5.10 Å². The van der Waals surface area contributed by atoms with E-state index in [2.05, 4.69) is 20.8 Å². The summed E-state index contributed by atoms with van der Waals surface area (Å²) in [6, 6.07) is 10.2. The highest BCUT2D eigenvalue weighted by molar-refractivity contribution is 5.97. The molecule has 1 aromatic heterocycles. The zero-order valence-electron chi connectivity index (χ0n) is 11.4. The number of carbonyl (C=O) groups excluding carboxylic acids is 2. The molecule has 0 aliphatic heterocycles. The minimum atomic E-state index is -0.354. The van der Waals surface area contributed by atoms with Crippen LogP contribution >= 0.6 is 0 Å². The van der Waals surface area contributed by atoms with Gasteiger partial charge in [0.25, 0.3) is 5.91 Å². The first-order chi connectivity index (χ1) is 10.1. The number of benzene rings is 1. The molecule has 0 aliphatic rings. The molecule has 6 nitrogen and oxygen atoms in total. The fourth-order valence-corrected chi connectivity index (χ4v) is 1.62. The SMILES string of the molecule is CC(=O)Nc1cccc(C(=O)N/N=C/c2ccncc2)c1. The van der Waals surface area contributed by atoms with E-state index in [9.17, 15) is 9.59 Å². The van der Waals surface area contributed by atoms with Crippen molar-refractivity contribution in [1.29, 1.82) is 0 Å². The molecule has 6 heteroatoms. The monoisotopic (exact) mass is 282 g/mol. The molecule has 0 aliphatic carbocycles. The molecule has 1 heterocycles. The lowest BCUT2D eigenvalue weighted by Gasteiger charge is -2.04. The van der Waals surface area contributed by atoms with Gasteiger partial charge in [-0.25, -0.2) is 5.43 Å². The Bertz CT molecular complexity index is 668. The van der Waals surface area contributed by atoms with Crippen molar-refractivity contribution in [3.63, 3.8) is 0 Å². The van der Waals surface area contributed by atoms with Crippen LogP contribution in [0.3, 0.4) is 0 Å². The number of hydrogen-bond acceptors (Lipinski definition) is 4. The summed E-state index contributed by atoms with van der Waals surface area (Å²) >= 11 is 0.